The summed E-state index contributed by atoms with van der Waals surface area (Å²) in [5.41, 5.74) is 0. The van der Waals surface area contributed by atoms with Crippen molar-refractivity contribution in [3.63, 3.8) is 0 Å². The van der Waals surface area contributed by atoms with Crippen LogP contribution in [0, 0.1) is 6.07 Å². The maximum Gasteiger partial charge on any atom is 0.199 e. The molecule has 0 unspecified atom stereocenters. The third-order valence-electron chi connectivity index (χ3n) is 1.12. The molecule has 0 fully saturated rings. The minimum atomic E-state index is -0.0473. The van der Waals surface area contributed by atoms with Gasteiger partial charge in [-0.2, -0.15) is 0 Å². The van der Waals surface area contributed by atoms with Crippen molar-refractivity contribution < 1.29 is 9.53 Å². The van der Waals surface area contributed by atoms with Gasteiger partial charge >= 0.3 is 0 Å². The number of ether oxygens (including phenoxy) is 1. The quantitative estimate of drug-likeness (QED) is 0.802. The standard InChI is InChI=1S/C7H5Br2O2S/c1-11-3-5(10)6-2-4(8)7(9)12-6/h3H2,1H3. The van der Waals surface area contributed by atoms with Crippen LogP contribution in [0.25, 0.3) is 0 Å². The first-order chi connectivity index (χ1) is 5.65. The van der Waals surface area contributed by atoms with E-state index in [0.717, 1.165) is 8.26 Å². The number of halogens is 2. The SMILES string of the molecule is COCC(=O)c1[c]c(Br)c(Br)s1. The fourth-order valence-electron chi connectivity index (χ4n) is 0.632. The van der Waals surface area contributed by atoms with E-state index in [1.807, 2.05) is 0 Å². The molecule has 5 heteroatoms. The number of carbonyl (C=O) groups is 1. The molecule has 0 spiro atoms. The monoisotopic (exact) mass is 311 g/mol. The first-order valence-corrected chi connectivity index (χ1v) is 5.44. The number of Topliss-reactive ketones (excluding diaryl/α,β-unsaturated/α-hetero) is 1. The number of rotatable bonds is 3. The summed E-state index contributed by atoms with van der Waals surface area (Å²) in [5, 5.41) is 0. The van der Waals surface area contributed by atoms with Gasteiger partial charge in [0.05, 0.1) is 13.1 Å². The molecule has 0 amide bonds. The van der Waals surface area contributed by atoms with Gasteiger partial charge in [-0.15, -0.1) is 11.3 Å². The van der Waals surface area contributed by atoms with Crippen molar-refractivity contribution in [2.75, 3.05) is 13.7 Å². The Morgan fingerprint density at radius 1 is 1.67 bits per heavy atom. The van der Waals surface area contributed by atoms with Crippen LogP contribution in [0.2, 0.25) is 0 Å². The van der Waals surface area contributed by atoms with Gasteiger partial charge in [0, 0.05) is 13.2 Å². The van der Waals surface area contributed by atoms with E-state index in [4.69, 9.17) is 4.74 Å². The number of methoxy groups -OCH3 is 1. The van der Waals surface area contributed by atoms with E-state index in [0.29, 0.717) is 4.88 Å². The Morgan fingerprint density at radius 2 is 2.33 bits per heavy atom. The van der Waals surface area contributed by atoms with Gasteiger partial charge in [-0.3, -0.25) is 4.79 Å². The Hall–Kier alpha value is 0.290. The Morgan fingerprint density at radius 3 is 2.75 bits per heavy atom. The van der Waals surface area contributed by atoms with E-state index >= 15 is 0 Å². The van der Waals surface area contributed by atoms with Crippen LogP contribution in [-0.4, -0.2) is 19.5 Å². The summed E-state index contributed by atoms with van der Waals surface area (Å²) in [5.74, 6) is -0.0473. The third kappa shape index (κ3) is 2.39. The Balaban J connectivity index is 2.82. The van der Waals surface area contributed by atoms with Crippen LogP contribution < -0.4 is 0 Å². The number of hydrogen-bond donors (Lipinski definition) is 0. The summed E-state index contributed by atoms with van der Waals surface area (Å²) < 4.78 is 6.37. The molecule has 1 aromatic heterocycles. The molecule has 12 heavy (non-hydrogen) atoms. The molecule has 0 aliphatic heterocycles. The van der Waals surface area contributed by atoms with Gasteiger partial charge in [-0.05, 0) is 31.9 Å². The second kappa shape index (κ2) is 4.50. The van der Waals surface area contributed by atoms with E-state index in [-0.39, 0.29) is 12.4 Å². The Labute approximate surface area is 91.2 Å². The van der Waals surface area contributed by atoms with Gasteiger partial charge < -0.3 is 4.74 Å². The van der Waals surface area contributed by atoms with Crippen LogP contribution in [0.3, 0.4) is 0 Å². The zero-order valence-corrected chi connectivity index (χ0v) is 10.2. The molecule has 0 bridgehead atoms. The molecule has 0 saturated heterocycles. The zero-order chi connectivity index (χ0) is 9.14. The van der Waals surface area contributed by atoms with Crippen LogP contribution in [0.5, 0.6) is 0 Å². The summed E-state index contributed by atoms with van der Waals surface area (Å²) >= 11 is 7.88. The van der Waals surface area contributed by atoms with Crippen molar-refractivity contribution in [2.45, 2.75) is 0 Å². The molecule has 0 aromatic carbocycles. The average Bonchev–Trinajstić information content (AvgIpc) is 2.33. The second-order valence-electron chi connectivity index (χ2n) is 2.00. The number of hydrogen-bond acceptors (Lipinski definition) is 3. The summed E-state index contributed by atoms with van der Waals surface area (Å²) in [6.07, 6.45) is 0. The van der Waals surface area contributed by atoms with Crippen LogP contribution in [-0.2, 0) is 4.74 Å². The number of thiophene rings is 1. The van der Waals surface area contributed by atoms with Crippen molar-refractivity contribution in [2.24, 2.45) is 0 Å². The first-order valence-electron chi connectivity index (χ1n) is 3.04. The summed E-state index contributed by atoms with van der Waals surface area (Å²) in [7, 11) is 1.50. The van der Waals surface area contributed by atoms with Gasteiger partial charge in [-0.1, -0.05) is 0 Å². The van der Waals surface area contributed by atoms with Gasteiger partial charge in [-0.25, -0.2) is 0 Å². The van der Waals surface area contributed by atoms with Crippen LogP contribution in [0.4, 0.5) is 0 Å². The lowest BCUT2D eigenvalue weighted by atomic mass is 10.3. The Bertz CT molecular complexity index is 276. The highest BCUT2D eigenvalue weighted by molar-refractivity contribution is 9.13. The summed E-state index contributed by atoms with van der Waals surface area (Å²) in [6, 6.07) is 2.89. The smallest absolute Gasteiger partial charge is 0.199 e. The van der Waals surface area contributed by atoms with Crippen LogP contribution in [0.15, 0.2) is 8.26 Å². The molecule has 0 saturated carbocycles. The zero-order valence-electron chi connectivity index (χ0n) is 6.19. The molecule has 1 radical (unpaired) electrons. The first kappa shape index (κ1) is 10.4. The minimum absolute atomic E-state index is 0.0473. The van der Waals surface area contributed by atoms with E-state index in [2.05, 4.69) is 37.9 Å². The fourth-order valence-corrected chi connectivity index (χ4v) is 2.43. The van der Waals surface area contributed by atoms with E-state index < -0.39 is 0 Å². The molecule has 65 valence electrons. The van der Waals surface area contributed by atoms with Crippen molar-refractivity contribution >= 4 is 49.0 Å². The second-order valence-corrected chi connectivity index (χ2v) is 5.13. The molecule has 1 aromatic rings. The normalized spacial score (nSPS) is 10.2. The molecule has 0 atom stereocenters. The summed E-state index contributed by atoms with van der Waals surface area (Å²) in [6.45, 7) is 0.107. The van der Waals surface area contributed by atoms with Gasteiger partial charge in [0.25, 0.3) is 0 Å². The molecule has 1 heterocycles. The predicted octanol–water partition coefficient (Wildman–Crippen LogP) is 2.90. The number of carbonyl (C=O) groups excluding carboxylic acids is 1. The molecular formula is C7H5Br2O2S. The molecule has 0 aliphatic rings. The topological polar surface area (TPSA) is 26.3 Å². The molecule has 2 nitrogen and oxygen atoms in total. The van der Waals surface area contributed by atoms with Gasteiger partial charge in [0.2, 0.25) is 0 Å². The predicted molar refractivity (Wildman–Crippen MR) is 54.8 cm³/mol. The highest BCUT2D eigenvalue weighted by Crippen LogP contribution is 2.31. The third-order valence-corrected chi connectivity index (χ3v) is 4.30. The number of ketones is 1. The highest BCUT2D eigenvalue weighted by atomic mass is 79.9. The fraction of sp³-hybridized carbons (Fsp3) is 0.286. The highest BCUT2D eigenvalue weighted by Gasteiger charge is 2.11. The molecule has 1 rings (SSSR count). The van der Waals surface area contributed by atoms with Gasteiger partial charge in [0.1, 0.15) is 6.61 Å². The largest absolute Gasteiger partial charge is 0.376 e. The minimum Gasteiger partial charge on any atom is -0.376 e. The van der Waals surface area contributed by atoms with Crippen LogP contribution >= 0.6 is 43.2 Å². The lowest BCUT2D eigenvalue weighted by Gasteiger charge is -1.92. The Kier molecular flexibility index (Phi) is 3.89. The lowest BCUT2D eigenvalue weighted by Crippen LogP contribution is -2.04. The summed E-state index contributed by atoms with van der Waals surface area (Å²) in [4.78, 5) is 11.8. The maximum atomic E-state index is 11.2. The van der Waals surface area contributed by atoms with Crippen molar-refractivity contribution in [3.05, 3.63) is 19.2 Å². The van der Waals surface area contributed by atoms with E-state index in [9.17, 15) is 4.79 Å². The lowest BCUT2D eigenvalue weighted by molar-refractivity contribution is 0.0852. The van der Waals surface area contributed by atoms with Crippen molar-refractivity contribution in [3.8, 4) is 0 Å². The van der Waals surface area contributed by atoms with E-state index in [1.165, 1.54) is 18.4 Å². The average molecular weight is 313 g/mol. The van der Waals surface area contributed by atoms with Crippen molar-refractivity contribution in [1.29, 1.82) is 0 Å². The van der Waals surface area contributed by atoms with E-state index in [1.54, 1.807) is 0 Å². The molecular weight excluding hydrogens is 308 g/mol. The van der Waals surface area contributed by atoms with Crippen molar-refractivity contribution in [1.82, 2.24) is 0 Å². The van der Waals surface area contributed by atoms with Gasteiger partial charge in [0.15, 0.2) is 5.78 Å². The van der Waals surface area contributed by atoms with Crippen LogP contribution in [0.1, 0.15) is 9.67 Å². The molecule has 0 N–H and O–H groups in total. The maximum absolute atomic E-state index is 11.2. The molecule has 0 aliphatic carbocycles.